The minimum atomic E-state index is -1.40. The molecule has 2 N–H and O–H groups in total. The third-order valence-corrected chi connectivity index (χ3v) is 5.53. The average Bonchev–Trinajstić information content (AvgIpc) is 3.38. The van der Waals surface area contributed by atoms with E-state index in [2.05, 4.69) is 47.2 Å². The first-order valence-electron chi connectivity index (χ1n) is 11.9. The summed E-state index contributed by atoms with van der Waals surface area (Å²) in [5.41, 5.74) is 1.19. The zero-order valence-electron chi connectivity index (χ0n) is 21.2. The van der Waals surface area contributed by atoms with E-state index in [4.69, 9.17) is 0 Å². The number of nitrogens with zero attached hydrogens (tertiary/aromatic N) is 8. The summed E-state index contributed by atoms with van der Waals surface area (Å²) in [5, 5.41) is 25.4. The number of aromatic nitrogens is 6. The van der Waals surface area contributed by atoms with E-state index >= 15 is 0 Å². The topological polar surface area (TPSA) is 167 Å². The van der Waals surface area contributed by atoms with Gasteiger partial charge in [-0.05, 0) is 43.2 Å². The average molecular weight is 521 g/mol. The molecule has 0 saturated heterocycles. The van der Waals surface area contributed by atoms with Crippen LogP contribution >= 0.6 is 0 Å². The Bertz CT molecular complexity index is 1710. The summed E-state index contributed by atoms with van der Waals surface area (Å²) in [4.78, 5) is 41.8. The number of para-hydroxylation sites is 1. The Kier molecular flexibility index (Phi) is 8.23. The van der Waals surface area contributed by atoms with Gasteiger partial charge in [0, 0.05) is 18.1 Å². The van der Waals surface area contributed by atoms with E-state index in [0.29, 0.717) is 28.6 Å². The van der Waals surface area contributed by atoms with Gasteiger partial charge in [-0.25, -0.2) is 15.0 Å². The van der Waals surface area contributed by atoms with E-state index in [1.807, 2.05) is 26.0 Å². The van der Waals surface area contributed by atoms with Crippen molar-refractivity contribution in [3.05, 3.63) is 107 Å². The number of allylic oxidation sites excluding steroid dienone is 4. The maximum Gasteiger partial charge on any atom is 0.258 e. The summed E-state index contributed by atoms with van der Waals surface area (Å²) >= 11 is 0. The lowest BCUT2D eigenvalue weighted by Gasteiger charge is -2.15. The summed E-state index contributed by atoms with van der Waals surface area (Å²) < 4.78 is 1.23. The van der Waals surface area contributed by atoms with Gasteiger partial charge in [0.2, 0.25) is 6.04 Å². The normalized spacial score (nSPS) is 12.6. The second-order valence-electron chi connectivity index (χ2n) is 8.09. The predicted molar refractivity (Wildman–Crippen MR) is 144 cm³/mol. The van der Waals surface area contributed by atoms with Gasteiger partial charge < -0.3 is 10.3 Å². The molecular formula is C27H24N10O2. The molecule has 1 aromatic carbocycles. The van der Waals surface area contributed by atoms with E-state index in [-0.39, 0.29) is 23.2 Å². The molecule has 194 valence electrons. The van der Waals surface area contributed by atoms with Crippen molar-refractivity contribution in [2.45, 2.75) is 26.3 Å². The van der Waals surface area contributed by atoms with E-state index in [9.17, 15) is 14.9 Å². The Morgan fingerprint density at radius 1 is 1.28 bits per heavy atom. The van der Waals surface area contributed by atoms with Gasteiger partial charge in [0.1, 0.15) is 17.5 Å². The lowest BCUT2D eigenvalue weighted by Crippen LogP contribution is -2.30. The summed E-state index contributed by atoms with van der Waals surface area (Å²) in [6.07, 6.45) is 10.2. The number of hydrogen-bond acceptors (Lipinski definition) is 9. The third kappa shape index (κ3) is 5.89. The second kappa shape index (κ2) is 12.1. The van der Waals surface area contributed by atoms with Crippen LogP contribution in [0.25, 0.3) is 16.9 Å². The number of amides is 1. The van der Waals surface area contributed by atoms with Gasteiger partial charge >= 0.3 is 0 Å². The highest BCUT2D eigenvalue weighted by Crippen LogP contribution is 2.25. The van der Waals surface area contributed by atoms with Gasteiger partial charge in [0.15, 0.2) is 5.82 Å². The standard InChI is InChI=1S/C27H24N10O2/c1-4-6-11-20(17(3)5-2)33-26(39)22(23-32-21-12-8-7-10-19(21)25(38)34-23)35-36-24-18(15-28)16-31-37(24)27-29-13-9-14-30-27/h4,6-14,16,22H,3,5H2,1-2H3,(H,33,39)(H,32,34,38)/b6-4-,20-11+,36-35?. The van der Waals surface area contributed by atoms with E-state index in [1.165, 1.54) is 23.3 Å². The molecule has 0 radical (unpaired) electrons. The first-order chi connectivity index (χ1) is 19.0. The molecule has 3 heterocycles. The molecule has 0 saturated carbocycles. The number of azo groups is 1. The molecule has 0 aliphatic carbocycles. The Morgan fingerprint density at radius 2 is 2.05 bits per heavy atom. The van der Waals surface area contributed by atoms with Crippen molar-refractivity contribution in [3.8, 4) is 12.0 Å². The molecule has 0 spiro atoms. The van der Waals surface area contributed by atoms with Crippen LogP contribution in [0.4, 0.5) is 5.82 Å². The molecule has 4 rings (SSSR count). The Morgan fingerprint density at radius 3 is 2.77 bits per heavy atom. The number of fused-ring (bicyclic) bond motifs is 1. The molecule has 1 unspecified atom stereocenters. The molecule has 12 heteroatoms. The molecule has 1 amide bonds. The zero-order chi connectivity index (χ0) is 27.8. The Balaban J connectivity index is 1.83. The summed E-state index contributed by atoms with van der Waals surface area (Å²) in [6.45, 7) is 7.77. The molecule has 0 bridgehead atoms. The van der Waals surface area contributed by atoms with Crippen LogP contribution in [0.1, 0.15) is 37.7 Å². The van der Waals surface area contributed by atoms with Crippen molar-refractivity contribution >= 4 is 22.6 Å². The first-order valence-corrected chi connectivity index (χ1v) is 11.9. The van der Waals surface area contributed by atoms with Gasteiger partial charge in [0.25, 0.3) is 17.4 Å². The van der Waals surface area contributed by atoms with Gasteiger partial charge in [-0.2, -0.15) is 20.2 Å². The van der Waals surface area contributed by atoms with E-state index < -0.39 is 17.5 Å². The monoisotopic (exact) mass is 520 g/mol. The number of carbonyl (C=O) groups is 1. The van der Waals surface area contributed by atoms with Crippen molar-refractivity contribution in [2.24, 2.45) is 10.2 Å². The second-order valence-corrected chi connectivity index (χ2v) is 8.09. The molecule has 3 aromatic heterocycles. The molecule has 0 aliphatic rings. The summed E-state index contributed by atoms with van der Waals surface area (Å²) in [6, 6.07) is 8.96. The van der Waals surface area contributed by atoms with Gasteiger partial charge in [0.05, 0.1) is 17.1 Å². The number of rotatable bonds is 9. The minimum absolute atomic E-state index is 0.00675. The fourth-order valence-electron chi connectivity index (χ4n) is 3.47. The van der Waals surface area contributed by atoms with E-state index in [1.54, 1.807) is 42.5 Å². The molecule has 0 fully saturated rings. The van der Waals surface area contributed by atoms with Crippen molar-refractivity contribution in [2.75, 3.05) is 0 Å². The number of aromatic amines is 1. The lowest BCUT2D eigenvalue weighted by molar-refractivity contribution is -0.121. The molecule has 1 atom stereocenters. The van der Waals surface area contributed by atoms with Crippen molar-refractivity contribution in [3.63, 3.8) is 0 Å². The fourth-order valence-corrected chi connectivity index (χ4v) is 3.47. The fraction of sp³-hybridized carbons (Fsp3) is 0.148. The van der Waals surface area contributed by atoms with Crippen LogP contribution in [0.3, 0.4) is 0 Å². The van der Waals surface area contributed by atoms with Crippen molar-refractivity contribution in [1.82, 2.24) is 35.0 Å². The minimum Gasteiger partial charge on any atom is -0.324 e. The molecular weight excluding hydrogens is 496 g/mol. The van der Waals surface area contributed by atoms with Crippen LogP contribution in [0.15, 0.2) is 100 Å². The number of H-pyrrole nitrogens is 1. The Hall–Kier alpha value is -5.57. The van der Waals surface area contributed by atoms with Gasteiger partial charge in [-0.1, -0.05) is 37.8 Å². The van der Waals surface area contributed by atoms with Crippen molar-refractivity contribution in [1.29, 1.82) is 5.26 Å². The summed E-state index contributed by atoms with van der Waals surface area (Å²) in [7, 11) is 0. The number of hydrogen-bond donors (Lipinski definition) is 2. The summed E-state index contributed by atoms with van der Waals surface area (Å²) in [5.74, 6) is -0.495. The highest BCUT2D eigenvalue weighted by atomic mass is 16.2. The highest BCUT2D eigenvalue weighted by molar-refractivity contribution is 5.85. The van der Waals surface area contributed by atoms with Crippen LogP contribution in [0, 0.1) is 11.3 Å². The van der Waals surface area contributed by atoms with Gasteiger partial charge in [-0.3, -0.25) is 9.59 Å². The quantitative estimate of drug-likeness (QED) is 0.247. The number of benzene rings is 1. The maximum atomic E-state index is 13.6. The van der Waals surface area contributed by atoms with Crippen LogP contribution < -0.4 is 10.9 Å². The molecule has 0 aliphatic heterocycles. The smallest absolute Gasteiger partial charge is 0.258 e. The van der Waals surface area contributed by atoms with Crippen LogP contribution in [-0.2, 0) is 4.79 Å². The zero-order valence-corrected chi connectivity index (χ0v) is 21.2. The first kappa shape index (κ1) is 26.5. The highest BCUT2D eigenvalue weighted by Gasteiger charge is 2.26. The van der Waals surface area contributed by atoms with Crippen molar-refractivity contribution < 1.29 is 4.79 Å². The molecule has 39 heavy (non-hydrogen) atoms. The molecule has 12 nitrogen and oxygen atoms in total. The largest absolute Gasteiger partial charge is 0.324 e. The SMILES string of the molecule is C=C(CC)/C(=C\C=C/C)NC(=O)C(N=Nc1c(C#N)cnn1-c1ncccn1)c1nc2ccccc2c(=O)[nH]1. The third-order valence-electron chi connectivity index (χ3n) is 5.53. The van der Waals surface area contributed by atoms with Crippen LogP contribution in [0.2, 0.25) is 0 Å². The molecule has 4 aromatic rings. The van der Waals surface area contributed by atoms with Gasteiger partial charge in [-0.15, -0.1) is 5.11 Å². The number of nitrogens with one attached hydrogen (secondary N) is 2. The predicted octanol–water partition coefficient (Wildman–Crippen LogP) is 4.14. The van der Waals surface area contributed by atoms with Crippen LogP contribution in [-0.4, -0.2) is 35.6 Å². The lowest BCUT2D eigenvalue weighted by atomic mass is 10.1. The van der Waals surface area contributed by atoms with Crippen LogP contribution in [0.5, 0.6) is 0 Å². The maximum absolute atomic E-state index is 13.6. The number of nitriles is 1. The number of carbonyl (C=O) groups excluding carboxylic acids is 1. The Labute approximate surface area is 223 Å². The van der Waals surface area contributed by atoms with E-state index in [0.717, 1.165) is 0 Å².